The molecular formula is C13H17N3. The molecule has 1 fully saturated rings. The summed E-state index contributed by atoms with van der Waals surface area (Å²) in [6.45, 7) is 0.599. The first-order valence-corrected chi connectivity index (χ1v) is 6.04. The minimum atomic E-state index is 0.599. The zero-order valence-corrected chi connectivity index (χ0v) is 9.39. The number of hydrogen-bond acceptors (Lipinski definition) is 2. The van der Waals surface area contributed by atoms with Gasteiger partial charge in [0.25, 0.3) is 0 Å². The summed E-state index contributed by atoms with van der Waals surface area (Å²) < 4.78 is 2.34. The molecule has 0 atom stereocenters. The molecule has 0 aromatic carbocycles. The summed E-state index contributed by atoms with van der Waals surface area (Å²) in [5.74, 6) is 0. The highest BCUT2D eigenvalue weighted by Gasteiger charge is 2.20. The second-order valence-electron chi connectivity index (χ2n) is 4.58. The van der Waals surface area contributed by atoms with Gasteiger partial charge < -0.3 is 10.3 Å². The van der Waals surface area contributed by atoms with Crippen molar-refractivity contribution in [2.45, 2.75) is 38.3 Å². The van der Waals surface area contributed by atoms with Crippen LogP contribution < -0.4 is 5.73 Å². The largest absolute Gasteiger partial charge is 0.329 e. The van der Waals surface area contributed by atoms with E-state index >= 15 is 0 Å². The lowest BCUT2D eigenvalue weighted by atomic mass is 10.2. The molecular weight excluding hydrogens is 198 g/mol. The minimum absolute atomic E-state index is 0.599. The molecule has 0 amide bonds. The van der Waals surface area contributed by atoms with Gasteiger partial charge >= 0.3 is 0 Å². The number of nitrogens with two attached hydrogens (primary N) is 1. The Morgan fingerprint density at radius 1 is 1.38 bits per heavy atom. The van der Waals surface area contributed by atoms with Crippen molar-refractivity contribution in [3.8, 4) is 0 Å². The lowest BCUT2D eigenvalue weighted by Crippen LogP contribution is -2.03. The monoisotopic (exact) mass is 215 g/mol. The summed E-state index contributed by atoms with van der Waals surface area (Å²) >= 11 is 0. The molecule has 3 heteroatoms. The van der Waals surface area contributed by atoms with Crippen molar-refractivity contribution in [2.75, 3.05) is 0 Å². The molecule has 2 N–H and O–H groups in total. The Hall–Kier alpha value is -1.35. The van der Waals surface area contributed by atoms with E-state index in [0.717, 1.165) is 5.65 Å². The highest BCUT2D eigenvalue weighted by Crippen LogP contribution is 2.33. The smallest absolute Gasteiger partial charge is 0.140 e. The van der Waals surface area contributed by atoms with Crippen LogP contribution in [-0.4, -0.2) is 9.55 Å². The molecule has 0 radical (unpaired) electrons. The van der Waals surface area contributed by atoms with E-state index < -0.39 is 0 Å². The first-order valence-electron chi connectivity index (χ1n) is 6.04. The van der Waals surface area contributed by atoms with E-state index in [1.165, 1.54) is 36.6 Å². The van der Waals surface area contributed by atoms with Crippen molar-refractivity contribution in [3.63, 3.8) is 0 Å². The molecule has 16 heavy (non-hydrogen) atoms. The number of aromatic nitrogens is 2. The first-order chi connectivity index (χ1) is 7.90. The third-order valence-electron chi connectivity index (χ3n) is 3.61. The maximum Gasteiger partial charge on any atom is 0.140 e. The Morgan fingerprint density at radius 2 is 2.19 bits per heavy atom. The van der Waals surface area contributed by atoms with Gasteiger partial charge in [-0.1, -0.05) is 12.8 Å². The predicted molar refractivity (Wildman–Crippen MR) is 65.1 cm³/mol. The molecule has 2 aromatic rings. The number of hydrogen-bond donors (Lipinski definition) is 1. The summed E-state index contributed by atoms with van der Waals surface area (Å²) in [6, 6.07) is 4.74. The molecule has 1 aliphatic rings. The summed E-state index contributed by atoms with van der Waals surface area (Å²) in [5, 5.41) is 1.22. The molecule has 3 nitrogen and oxygen atoms in total. The molecule has 1 aliphatic carbocycles. The molecule has 0 bridgehead atoms. The van der Waals surface area contributed by atoms with Crippen LogP contribution in [-0.2, 0) is 6.54 Å². The van der Waals surface area contributed by atoms with Crippen molar-refractivity contribution < 1.29 is 0 Å². The van der Waals surface area contributed by atoms with Crippen molar-refractivity contribution in [1.82, 2.24) is 9.55 Å². The molecule has 1 saturated carbocycles. The Morgan fingerprint density at radius 3 is 2.94 bits per heavy atom. The van der Waals surface area contributed by atoms with Crippen LogP contribution in [0.15, 0.2) is 24.5 Å². The molecule has 0 spiro atoms. The summed E-state index contributed by atoms with van der Waals surface area (Å²) in [7, 11) is 0. The van der Waals surface area contributed by atoms with E-state index in [1.807, 2.05) is 12.3 Å². The van der Waals surface area contributed by atoms with E-state index in [4.69, 9.17) is 5.73 Å². The van der Waals surface area contributed by atoms with E-state index in [0.29, 0.717) is 12.6 Å². The van der Waals surface area contributed by atoms with Crippen LogP contribution in [0.2, 0.25) is 0 Å². The van der Waals surface area contributed by atoms with E-state index in [-0.39, 0.29) is 0 Å². The van der Waals surface area contributed by atoms with E-state index in [9.17, 15) is 0 Å². The van der Waals surface area contributed by atoms with Crippen LogP contribution >= 0.6 is 0 Å². The molecule has 84 valence electrons. The number of pyridine rings is 1. The Kier molecular flexibility index (Phi) is 2.40. The van der Waals surface area contributed by atoms with Crippen LogP contribution in [0.5, 0.6) is 0 Å². The Labute approximate surface area is 95.3 Å². The fourth-order valence-electron chi connectivity index (χ4n) is 2.78. The van der Waals surface area contributed by atoms with Gasteiger partial charge in [0.15, 0.2) is 0 Å². The normalized spacial score (nSPS) is 17.3. The van der Waals surface area contributed by atoms with Crippen LogP contribution in [0.1, 0.15) is 37.3 Å². The van der Waals surface area contributed by atoms with Crippen LogP contribution in [0.3, 0.4) is 0 Å². The highest BCUT2D eigenvalue weighted by atomic mass is 15.1. The van der Waals surface area contributed by atoms with Gasteiger partial charge in [-0.2, -0.15) is 0 Å². The van der Waals surface area contributed by atoms with Gasteiger partial charge in [0.2, 0.25) is 0 Å². The molecule has 0 unspecified atom stereocenters. The summed E-state index contributed by atoms with van der Waals surface area (Å²) in [4.78, 5) is 4.50. The van der Waals surface area contributed by atoms with Gasteiger partial charge in [-0.25, -0.2) is 4.98 Å². The average Bonchev–Trinajstić information content (AvgIpc) is 2.95. The molecule has 2 heterocycles. The molecule has 3 rings (SSSR count). The molecule has 0 aliphatic heterocycles. The quantitative estimate of drug-likeness (QED) is 0.836. The van der Waals surface area contributed by atoms with Crippen LogP contribution in [0.4, 0.5) is 0 Å². The van der Waals surface area contributed by atoms with Gasteiger partial charge in [-0.3, -0.25) is 0 Å². The van der Waals surface area contributed by atoms with Crippen molar-refractivity contribution in [2.24, 2.45) is 5.73 Å². The summed E-state index contributed by atoms with van der Waals surface area (Å²) in [6.07, 6.45) is 9.32. The van der Waals surface area contributed by atoms with Crippen LogP contribution in [0.25, 0.3) is 11.0 Å². The van der Waals surface area contributed by atoms with Gasteiger partial charge in [-0.15, -0.1) is 0 Å². The maximum atomic E-state index is 5.79. The Balaban J connectivity index is 2.16. The topological polar surface area (TPSA) is 43.8 Å². The highest BCUT2D eigenvalue weighted by molar-refractivity contribution is 5.80. The lowest BCUT2D eigenvalue weighted by Gasteiger charge is -2.12. The van der Waals surface area contributed by atoms with Gasteiger partial charge in [0.1, 0.15) is 5.65 Å². The van der Waals surface area contributed by atoms with Crippen molar-refractivity contribution in [3.05, 3.63) is 30.1 Å². The molecule has 2 aromatic heterocycles. The van der Waals surface area contributed by atoms with E-state index in [1.54, 1.807) is 0 Å². The van der Waals surface area contributed by atoms with Gasteiger partial charge in [-0.05, 0) is 30.5 Å². The van der Waals surface area contributed by atoms with Crippen molar-refractivity contribution >= 4 is 11.0 Å². The van der Waals surface area contributed by atoms with Crippen molar-refractivity contribution in [1.29, 1.82) is 0 Å². The van der Waals surface area contributed by atoms with Gasteiger partial charge in [0.05, 0.1) is 0 Å². The first kappa shape index (κ1) is 9.85. The average molecular weight is 215 g/mol. The third-order valence-corrected chi connectivity index (χ3v) is 3.61. The second-order valence-corrected chi connectivity index (χ2v) is 4.58. The van der Waals surface area contributed by atoms with Gasteiger partial charge in [0, 0.05) is 30.4 Å². The lowest BCUT2D eigenvalue weighted by molar-refractivity contribution is 0.531. The zero-order valence-electron chi connectivity index (χ0n) is 9.39. The fraction of sp³-hybridized carbons (Fsp3) is 0.462. The second kappa shape index (κ2) is 3.91. The number of rotatable bonds is 2. The standard InChI is InChI=1S/C13H17N3/c14-8-10-9-16(11-4-1-2-5-11)13-12(10)6-3-7-15-13/h3,6-7,9,11H,1-2,4-5,8,14H2. The maximum absolute atomic E-state index is 5.79. The molecule has 0 saturated heterocycles. The Bertz CT molecular complexity index is 495. The number of fused-ring (bicyclic) bond motifs is 1. The van der Waals surface area contributed by atoms with Crippen LogP contribution in [0, 0.1) is 0 Å². The SMILES string of the molecule is NCc1cn(C2CCCC2)c2ncccc12. The number of nitrogens with zero attached hydrogens (tertiary/aromatic N) is 2. The van der Waals surface area contributed by atoms with E-state index in [2.05, 4.69) is 21.8 Å². The zero-order chi connectivity index (χ0) is 11.0. The minimum Gasteiger partial charge on any atom is -0.329 e. The predicted octanol–water partition coefficient (Wildman–Crippen LogP) is 2.61. The fourth-order valence-corrected chi connectivity index (χ4v) is 2.78. The summed E-state index contributed by atoms with van der Waals surface area (Å²) in [5.41, 5.74) is 8.11. The third kappa shape index (κ3) is 1.43.